The fourth-order valence-electron chi connectivity index (χ4n) is 2.51. The molecule has 7 heteroatoms. The van der Waals surface area contributed by atoms with Crippen LogP contribution < -0.4 is 0 Å². The van der Waals surface area contributed by atoms with Crippen LogP contribution in [0.4, 0.5) is 0 Å². The number of nitrogens with one attached hydrogen (secondary N) is 1. The second-order valence-corrected chi connectivity index (χ2v) is 5.91. The van der Waals surface area contributed by atoms with Crippen molar-refractivity contribution in [3.8, 4) is 0 Å². The fourth-order valence-corrected chi connectivity index (χ4v) is 2.86. The first-order valence-corrected chi connectivity index (χ1v) is 7.36. The van der Waals surface area contributed by atoms with Gasteiger partial charge in [0.05, 0.1) is 0 Å². The van der Waals surface area contributed by atoms with Gasteiger partial charge in [0.15, 0.2) is 5.82 Å². The molecule has 3 heterocycles. The zero-order chi connectivity index (χ0) is 14.1. The molecule has 2 aromatic heterocycles. The summed E-state index contributed by atoms with van der Waals surface area (Å²) in [5.41, 5.74) is 0.599. The highest BCUT2D eigenvalue weighted by atomic mass is 79.9. The molecule has 1 unspecified atom stereocenters. The maximum atomic E-state index is 12.4. The summed E-state index contributed by atoms with van der Waals surface area (Å²) in [5, 5.41) is 3.97. The Labute approximate surface area is 124 Å². The van der Waals surface area contributed by atoms with E-state index in [1.54, 1.807) is 19.2 Å². The largest absolute Gasteiger partial charge is 0.356 e. The standard InChI is InChI=1S/C13H15BrN4O2/c1-8-16-12(17-20-8)9-3-2-4-18(7-9)13(19)11-5-10(14)6-15-11/h5-6,9,15H,2-4,7H2,1H3. The molecule has 20 heavy (non-hydrogen) atoms. The van der Waals surface area contributed by atoms with Crippen LogP contribution in [-0.4, -0.2) is 39.0 Å². The number of H-pyrrole nitrogens is 1. The molecule has 1 N–H and O–H groups in total. The molecular formula is C13H15BrN4O2. The van der Waals surface area contributed by atoms with E-state index >= 15 is 0 Å². The minimum Gasteiger partial charge on any atom is -0.356 e. The van der Waals surface area contributed by atoms with Gasteiger partial charge in [0, 0.05) is 36.6 Å². The minimum absolute atomic E-state index is 0.0145. The third-order valence-electron chi connectivity index (χ3n) is 3.50. The van der Waals surface area contributed by atoms with Gasteiger partial charge in [-0.15, -0.1) is 0 Å². The molecule has 1 aliphatic rings. The average molecular weight is 339 g/mol. The lowest BCUT2D eigenvalue weighted by molar-refractivity contribution is 0.0698. The van der Waals surface area contributed by atoms with Crippen molar-refractivity contribution in [1.29, 1.82) is 0 Å². The number of carbonyl (C=O) groups is 1. The van der Waals surface area contributed by atoms with Crippen LogP contribution in [0.25, 0.3) is 0 Å². The fraction of sp³-hybridized carbons (Fsp3) is 0.462. The number of hydrogen-bond donors (Lipinski definition) is 1. The normalized spacial score (nSPS) is 19.3. The molecule has 0 spiro atoms. The molecule has 2 aromatic rings. The van der Waals surface area contributed by atoms with Gasteiger partial charge in [0.25, 0.3) is 5.91 Å². The van der Waals surface area contributed by atoms with Crippen LogP contribution in [0.2, 0.25) is 0 Å². The van der Waals surface area contributed by atoms with E-state index in [1.807, 2.05) is 4.90 Å². The second kappa shape index (κ2) is 5.40. The van der Waals surface area contributed by atoms with Crippen molar-refractivity contribution in [3.63, 3.8) is 0 Å². The van der Waals surface area contributed by atoms with Crippen molar-refractivity contribution in [1.82, 2.24) is 20.0 Å². The molecule has 0 bridgehead atoms. The third-order valence-corrected chi connectivity index (χ3v) is 3.95. The first-order chi connectivity index (χ1) is 9.63. The Morgan fingerprint density at radius 3 is 3.10 bits per heavy atom. The number of aromatic amines is 1. The van der Waals surface area contributed by atoms with Crippen LogP contribution in [0.3, 0.4) is 0 Å². The van der Waals surface area contributed by atoms with E-state index < -0.39 is 0 Å². The average Bonchev–Trinajstić information content (AvgIpc) is 3.07. The van der Waals surface area contributed by atoms with Gasteiger partial charge in [-0.05, 0) is 34.8 Å². The number of halogens is 1. The summed E-state index contributed by atoms with van der Waals surface area (Å²) < 4.78 is 5.90. The lowest BCUT2D eigenvalue weighted by Crippen LogP contribution is -2.39. The zero-order valence-electron chi connectivity index (χ0n) is 11.1. The van der Waals surface area contributed by atoms with Gasteiger partial charge in [-0.3, -0.25) is 4.79 Å². The number of rotatable bonds is 2. The predicted molar refractivity (Wildman–Crippen MR) is 75.4 cm³/mol. The topological polar surface area (TPSA) is 75.0 Å². The number of carbonyl (C=O) groups excluding carboxylic acids is 1. The van der Waals surface area contributed by atoms with Gasteiger partial charge in [0.2, 0.25) is 5.89 Å². The Balaban J connectivity index is 1.73. The van der Waals surface area contributed by atoms with Gasteiger partial charge >= 0.3 is 0 Å². The van der Waals surface area contributed by atoms with E-state index in [9.17, 15) is 4.79 Å². The van der Waals surface area contributed by atoms with Crippen molar-refractivity contribution in [2.45, 2.75) is 25.7 Å². The van der Waals surface area contributed by atoms with Crippen LogP contribution in [0.5, 0.6) is 0 Å². The van der Waals surface area contributed by atoms with Crippen molar-refractivity contribution in [2.24, 2.45) is 0 Å². The third kappa shape index (κ3) is 2.63. The smallest absolute Gasteiger partial charge is 0.270 e. The molecule has 1 atom stereocenters. The SMILES string of the molecule is Cc1nc(C2CCCN(C(=O)c3cc(Br)c[nH]3)C2)no1. The Morgan fingerprint density at radius 2 is 2.45 bits per heavy atom. The van der Waals surface area contributed by atoms with Crippen LogP contribution in [0, 0.1) is 6.92 Å². The lowest BCUT2D eigenvalue weighted by atomic mass is 9.97. The molecule has 3 rings (SSSR count). The van der Waals surface area contributed by atoms with Gasteiger partial charge in [0.1, 0.15) is 5.69 Å². The maximum Gasteiger partial charge on any atom is 0.270 e. The number of likely N-dealkylation sites (tertiary alicyclic amines) is 1. The van der Waals surface area contributed by atoms with E-state index in [0.29, 0.717) is 24.0 Å². The number of aromatic nitrogens is 3. The zero-order valence-corrected chi connectivity index (χ0v) is 12.7. The van der Waals surface area contributed by atoms with E-state index in [1.165, 1.54) is 0 Å². The molecule has 0 saturated carbocycles. The van der Waals surface area contributed by atoms with Crippen LogP contribution >= 0.6 is 15.9 Å². The van der Waals surface area contributed by atoms with E-state index in [2.05, 4.69) is 31.1 Å². The molecular weight excluding hydrogens is 324 g/mol. The van der Waals surface area contributed by atoms with Crippen molar-refractivity contribution in [2.75, 3.05) is 13.1 Å². The first-order valence-electron chi connectivity index (χ1n) is 6.57. The summed E-state index contributed by atoms with van der Waals surface area (Å²) in [5.74, 6) is 1.44. The lowest BCUT2D eigenvalue weighted by Gasteiger charge is -2.30. The number of hydrogen-bond acceptors (Lipinski definition) is 4. The molecule has 1 amide bonds. The number of nitrogens with zero attached hydrogens (tertiary/aromatic N) is 3. The number of amides is 1. The van der Waals surface area contributed by atoms with Gasteiger partial charge in [-0.2, -0.15) is 4.98 Å². The van der Waals surface area contributed by atoms with Crippen molar-refractivity contribution < 1.29 is 9.32 Å². The monoisotopic (exact) mass is 338 g/mol. The minimum atomic E-state index is 0.0145. The van der Waals surface area contributed by atoms with E-state index in [0.717, 1.165) is 23.9 Å². The Hall–Kier alpha value is -1.63. The van der Waals surface area contributed by atoms with Crippen LogP contribution in [0.15, 0.2) is 21.3 Å². The van der Waals surface area contributed by atoms with E-state index in [4.69, 9.17) is 4.52 Å². The van der Waals surface area contributed by atoms with Gasteiger partial charge < -0.3 is 14.4 Å². The van der Waals surface area contributed by atoms with Crippen LogP contribution in [0.1, 0.15) is 41.0 Å². The highest BCUT2D eigenvalue weighted by molar-refractivity contribution is 9.10. The highest BCUT2D eigenvalue weighted by Gasteiger charge is 2.28. The summed E-state index contributed by atoms with van der Waals surface area (Å²) in [6.07, 6.45) is 3.69. The molecule has 106 valence electrons. The summed E-state index contributed by atoms with van der Waals surface area (Å²) in [6, 6.07) is 1.80. The molecule has 0 radical (unpaired) electrons. The van der Waals surface area contributed by atoms with E-state index in [-0.39, 0.29) is 11.8 Å². The van der Waals surface area contributed by atoms with Crippen molar-refractivity contribution >= 4 is 21.8 Å². The Morgan fingerprint density at radius 1 is 1.60 bits per heavy atom. The molecule has 1 aliphatic heterocycles. The second-order valence-electron chi connectivity index (χ2n) is 4.99. The van der Waals surface area contributed by atoms with Crippen molar-refractivity contribution in [3.05, 3.63) is 34.1 Å². The first kappa shape index (κ1) is 13.4. The summed E-state index contributed by atoms with van der Waals surface area (Å²) >= 11 is 3.34. The van der Waals surface area contributed by atoms with Crippen LogP contribution in [-0.2, 0) is 0 Å². The summed E-state index contributed by atoms with van der Waals surface area (Å²) in [7, 11) is 0. The summed E-state index contributed by atoms with van der Waals surface area (Å²) in [4.78, 5) is 21.5. The highest BCUT2D eigenvalue weighted by Crippen LogP contribution is 2.26. The Kier molecular flexibility index (Phi) is 3.60. The summed E-state index contributed by atoms with van der Waals surface area (Å²) in [6.45, 7) is 3.18. The van der Waals surface area contributed by atoms with Gasteiger partial charge in [-0.1, -0.05) is 5.16 Å². The quantitative estimate of drug-likeness (QED) is 0.912. The maximum absolute atomic E-state index is 12.4. The molecule has 0 aromatic carbocycles. The predicted octanol–water partition coefficient (Wildman–Crippen LogP) is 2.49. The molecule has 6 nitrogen and oxygen atoms in total. The number of aryl methyl sites for hydroxylation is 1. The Bertz CT molecular complexity index is 621. The molecule has 0 aliphatic carbocycles. The number of piperidine rings is 1. The molecule has 1 saturated heterocycles. The van der Waals surface area contributed by atoms with Gasteiger partial charge in [-0.25, -0.2) is 0 Å². The molecule has 1 fully saturated rings.